The SMILES string of the molecule is Cc1ccc(CCc2cc(F)c(C#Cc3ccc4c(F)c(F)c(F)cc4c3)c(F)c2)c(F)c1. The Bertz CT molecular complexity index is 1420. The van der Waals surface area contributed by atoms with E-state index in [1.54, 1.807) is 19.1 Å². The van der Waals surface area contributed by atoms with Crippen LogP contribution in [-0.4, -0.2) is 0 Å². The molecular formula is C27H16F6. The van der Waals surface area contributed by atoms with Gasteiger partial charge in [-0.15, -0.1) is 0 Å². The summed E-state index contributed by atoms with van der Waals surface area (Å²) in [6, 6.07) is 11.8. The van der Waals surface area contributed by atoms with Crippen LogP contribution in [-0.2, 0) is 12.8 Å². The molecule has 4 aromatic carbocycles. The Morgan fingerprint density at radius 1 is 0.636 bits per heavy atom. The zero-order chi connectivity index (χ0) is 23.7. The average Bonchev–Trinajstić information content (AvgIpc) is 2.76. The molecule has 166 valence electrons. The third kappa shape index (κ3) is 4.73. The first-order chi connectivity index (χ1) is 15.7. The quantitative estimate of drug-likeness (QED) is 0.175. The lowest BCUT2D eigenvalue weighted by atomic mass is 10.0. The first-order valence-electron chi connectivity index (χ1n) is 10.0. The number of rotatable bonds is 3. The predicted octanol–water partition coefficient (Wildman–Crippen LogP) is 7.17. The molecule has 0 saturated carbocycles. The normalized spacial score (nSPS) is 10.9. The summed E-state index contributed by atoms with van der Waals surface area (Å²) in [5, 5.41) is -0.0657. The minimum atomic E-state index is -1.57. The van der Waals surface area contributed by atoms with Gasteiger partial charge in [0, 0.05) is 10.9 Å². The van der Waals surface area contributed by atoms with Gasteiger partial charge in [-0.1, -0.05) is 30.0 Å². The zero-order valence-electron chi connectivity index (χ0n) is 17.4. The Hall–Kier alpha value is -3.72. The maximum Gasteiger partial charge on any atom is 0.195 e. The molecule has 0 saturated heterocycles. The molecule has 0 atom stereocenters. The standard InChI is InChI=1S/C27H16F6/c1-15-2-6-18(22(28)10-15)7-3-17-12-23(29)21(24(30)13-17)9-5-16-4-8-20-19(11-16)14-25(31)27(33)26(20)32/h2,4,6,8,10-14H,3,7H2,1H3. The number of benzene rings is 4. The minimum Gasteiger partial charge on any atom is -0.207 e. The van der Waals surface area contributed by atoms with Gasteiger partial charge in [-0.3, -0.25) is 0 Å². The second-order valence-corrected chi connectivity index (χ2v) is 7.70. The maximum atomic E-state index is 14.5. The number of hydrogen-bond donors (Lipinski definition) is 0. The van der Waals surface area contributed by atoms with Crippen LogP contribution in [0, 0.1) is 53.7 Å². The fourth-order valence-electron chi connectivity index (χ4n) is 3.54. The molecule has 4 aromatic rings. The fraction of sp³-hybridized carbons (Fsp3) is 0.111. The highest BCUT2D eigenvalue weighted by atomic mass is 19.2. The van der Waals surface area contributed by atoms with Crippen LogP contribution in [0.25, 0.3) is 10.8 Å². The van der Waals surface area contributed by atoms with Gasteiger partial charge in [0.1, 0.15) is 17.5 Å². The van der Waals surface area contributed by atoms with Gasteiger partial charge in [-0.25, -0.2) is 26.3 Å². The summed E-state index contributed by atoms with van der Waals surface area (Å²) in [6.07, 6.45) is 0.515. The molecule has 0 amide bonds. The number of aryl methyl sites for hydroxylation is 3. The molecule has 0 N–H and O–H groups in total. The highest BCUT2D eigenvalue weighted by molar-refractivity contribution is 5.84. The topological polar surface area (TPSA) is 0 Å². The number of fused-ring (bicyclic) bond motifs is 1. The molecule has 0 nitrogen and oxygen atoms in total. The third-order valence-electron chi connectivity index (χ3n) is 5.30. The lowest BCUT2D eigenvalue weighted by Crippen LogP contribution is -1.99. The lowest BCUT2D eigenvalue weighted by Gasteiger charge is -2.07. The van der Waals surface area contributed by atoms with Crippen LogP contribution in [0.1, 0.15) is 27.8 Å². The maximum absolute atomic E-state index is 14.5. The van der Waals surface area contributed by atoms with Gasteiger partial charge in [0.2, 0.25) is 0 Å². The van der Waals surface area contributed by atoms with Crippen LogP contribution in [0.2, 0.25) is 0 Å². The molecule has 0 bridgehead atoms. The first kappa shape index (κ1) is 22.5. The van der Waals surface area contributed by atoms with Crippen molar-refractivity contribution in [3.8, 4) is 11.8 Å². The molecule has 0 aliphatic carbocycles. The van der Waals surface area contributed by atoms with Crippen LogP contribution < -0.4 is 0 Å². The van der Waals surface area contributed by atoms with Crippen molar-refractivity contribution in [1.82, 2.24) is 0 Å². The van der Waals surface area contributed by atoms with Gasteiger partial charge in [-0.05, 0) is 78.2 Å². The summed E-state index contributed by atoms with van der Waals surface area (Å²) < 4.78 is 83.7. The second-order valence-electron chi connectivity index (χ2n) is 7.70. The Balaban J connectivity index is 1.58. The average molecular weight is 454 g/mol. The molecule has 6 heteroatoms. The van der Waals surface area contributed by atoms with Gasteiger partial charge < -0.3 is 0 Å². The van der Waals surface area contributed by atoms with Crippen molar-refractivity contribution in [2.75, 3.05) is 0 Å². The van der Waals surface area contributed by atoms with Gasteiger partial charge >= 0.3 is 0 Å². The highest BCUT2D eigenvalue weighted by Crippen LogP contribution is 2.24. The molecule has 0 aliphatic heterocycles. The lowest BCUT2D eigenvalue weighted by molar-refractivity contribution is 0.453. The molecule has 0 heterocycles. The summed E-state index contributed by atoms with van der Waals surface area (Å²) in [4.78, 5) is 0. The predicted molar refractivity (Wildman–Crippen MR) is 115 cm³/mol. The van der Waals surface area contributed by atoms with Crippen molar-refractivity contribution in [2.45, 2.75) is 19.8 Å². The zero-order valence-corrected chi connectivity index (χ0v) is 17.4. The number of hydrogen-bond acceptors (Lipinski definition) is 0. The van der Waals surface area contributed by atoms with Crippen molar-refractivity contribution in [3.05, 3.63) is 117 Å². The van der Waals surface area contributed by atoms with Crippen LogP contribution >= 0.6 is 0 Å². The smallest absolute Gasteiger partial charge is 0.195 e. The molecular weight excluding hydrogens is 438 g/mol. The fourth-order valence-corrected chi connectivity index (χ4v) is 3.54. The van der Waals surface area contributed by atoms with E-state index in [0.717, 1.165) is 23.8 Å². The largest absolute Gasteiger partial charge is 0.207 e. The van der Waals surface area contributed by atoms with Crippen molar-refractivity contribution in [3.63, 3.8) is 0 Å². The van der Waals surface area contributed by atoms with E-state index in [2.05, 4.69) is 11.8 Å². The van der Waals surface area contributed by atoms with Gasteiger partial charge in [0.05, 0.1) is 5.56 Å². The molecule has 0 unspecified atom stereocenters. The Morgan fingerprint density at radius 3 is 2.06 bits per heavy atom. The van der Waals surface area contributed by atoms with Gasteiger partial charge in [0.25, 0.3) is 0 Å². The molecule has 0 aromatic heterocycles. The summed E-state index contributed by atoms with van der Waals surface area (Å²) in [7, 11) is 0. The highest BCUT2D eigenvalue weighted by Gasteiger charge is 2.14. The van der Waals surface area contributed by atoms with Crippen molar-refractivity contribution < 1.29 is 26.3 Å². The van der Waals surface area contributed by atoms with Crippen molar-refractivity contribution in [1.29, 1.82) is 0 Å². The van der Waals surface area contributed by atoms with E-state index in [-0.39, 0.29) is 35.0 Å². The van der Waals surface area contributed by atoms with Gasteiger partial charge in [-0.2, -0.15) is 0 Å². The van der Waals surface area contributed by atoms with E-state index >= 15 is 0 Å². The van der Waals surface area contributed by atoms with E-state index < -0.39 is 34.6 Å². The van der Waals surface area contributed by atoms with E-state index in [0.29, 0.717) is 11.1 Å². The summed E-state index contributed by atoms with van der Waals surface area (Å²) in [5.41, 5.74) is 1.37. The summed E-state index contributed by atoms with van der Waals surface area (Å²) in [6.45, 7) is 1.77. The molecule has 0 aliphatic rings. The third-order valence-corrected chi connectivity index (χ3v) is 5.30. The van der Waals surface area contributed by atoms with E-state index in [4.69, 9.17) is 0 Å². The van der Waals surface area contributed by atoms with E-state index in [9.17, 15) is 26.3 Å². The van der Waals surface area contributed by atoms with Crippen LogP contribution in [0.4, 0.5) is 26.3 Å². The molecule has 0 radical (unpaired) electrons. The van der Waals surface area contributed by atoms with Crippen LogP contribution in [0.15, 0.2) is 54.6 Å². The Labute approximate surface area is 186 Å². The van der Waals surface area contributed by atoms with Crippen LogP contribution in [0.5, 0.6) is 0 Å². The molecule has 4 rings (SSSR count). The Morgan fingerprint density at radius 2 is 1.36 bits per heavy atom. The summed E-state index contributed by atoms with van der Waals surface area (Å²) in [5.74, 6) is -1.39. The monoisotopic (exact) mass is 454 g/mol. The Kier molecular flexibility index (Phi) is 6.15. The minimum absolute atomic E-state index is 0.0674. The first-order valence-corrected chi connectivity index (χ1v) is 10.0. The number of halogens is 6. The molecule has 33 heavy (non-hydrogen) atoms. The second kappa shape index (κ2) is 9.03. The molecule has 0 spiro atoms. The van der Waals surface area contributed by atoms with E-state index in [1.807, 2.05) is 0 Å². The van der Waals surface area contributed by atoms with Crippen molar-refractivity contribution >= 4 is 10.8 Å². The summed E-state index contributed by atoms with van der Waals surface area (Å²) >= 11 is 0. The van der Waals surface area contributed by atoms with Crippen LogP contribution in [0.3, 0.4) is 0 Å². The van der Waals surface area contributed by atoms with Crippen molar-refractivity contribution in [2.24, 2.45) is 0 Å². The molecule has 0 fully saturated rings. The van der Waals surface area contributed by atoms with Gasteiger partial charge in [0.15, 0.2) is 17.5 Å². The van der Waals surface area contributed by atoms with E-state index in [1.165, 1.54) is 24.3 Å².